The fourth-order valence-corrected chi connectivity index (χ4v) is 8.98. The highest BCUT2D eigenvalue weighted by Gasteiger charge is 2.21. The van der Waals surface area contributed by atoms with E-state index >= 15 is 0 Å². The van der Waals surface area contributed by atoms with Gasteiger partial charge < -0.3 is 4.42 Å². The van der Waals surface area contributed by atoms with Crippen LogP contribution in [0.25, 0.3) is 121 Å². The Balaban J connectivity index is 1.08. The average molecular weight is 777 g/mol. The Morgan fingerprint density at radius 3 is 1.52 bits per heavy atom. The fourth-order valence-electron chi connectivity index (χ4n) is 8.98. The Hall–Kier alpha value is -8.46. The van der Waals surface area contributed by atoms with Gasteiger partial charge in [-0.15, -0.1) is 0 Å². The molecule has 0 fully saturated rings. The van der Waals surface area contributed by atoms with Gasteiger partial charge in [0.05, 0.1) is 11.6 Å². The molecule has 2 heterocycles. The van der Waals surface area contributed by atoms with Crippen molar-refractivity contribution in [1.29, 1.82) is 5.26 Å². The highest BCUT2D eigenvalue weighted by atomic mass is 16.3. The van der Waals surface area contributed by atoms with Crippen LogP contribution in [0.15, 0.2) is 199 Å². The molecule has 0 aliphatic rings. The number of hydrogen-bond acceptors (Lipinski definition) is 5. The highest BCUT2D eigenvalue weighted by Crippen LogP contribution is 2.45. The summed E-state index contributed by atoms with van der Waals surface area (Å²) in [5.74, 6) is 1.85. The van der Waals surface area contributed by atoms with E-state index in [0.717, 1.165) is 104 Å². The molecule has 0 saturated heterocycles. The molecule has 0 amide bonds. The van der Waals surface area contributed by atoms with Gasteiger partial charge >= 0.3 is 0 Å². The molecule has 5 heteroatoms. The number of nitriles is 1. The zero-order chi connectivity index (χ0) is 40.4. The maximum atomic E-state index is 9.48. The monoisotopic (exact) mass is 776 g/mol. The van der Waals surface area contributed by atoms with Crippen LogP contribution in [0.3, 0.4) is 0 Å². The van der Waals surface area contributed by atoms with E-state index in [0.29, 0.717) is 23.0 Å². The summed E-state index contributed by atoms with van der Waals surface area (Å²) < 4.78 is 6.70. The van der Waals surface area contributed by atoms with E-state index in [1.54, 1.807) is 0 Å². The van der Waals surface area contributed by atoms with Crippen molar-refractivity contribution in [3.05, 3.63) is 200 Å². The molecule has 0 bridgehead atoms. The van der Waals surface area contributed by atoms with Gasteiger partial charge in [-0.2, -0.15) is 5.26 Å². The molecule has 0 radical (unpaired) electrons. The van der Waals surface area contributed by atoms with Gasteiger partial charge in [0, 0.05) is 32.8 Å². The van der Waals surface area contributed by atoms with Gasteiger partial charge in [0.1, 0.15) is 11.2 Å². The number of furan rings is 1. The normalized spacial score (nSPS) is 11.6. The van der Waals surface area contributed by atoms with Crippen molar-refractivity contribution < 1.29 is 4.42 Å². The molecule has 0 unspecified atom stereocenters. The van der Waals surface area contributed by atoms with Gasteiger partial charge in [-0.25, -0.2) is 15.0 Å². The maximum Gasteiger partial charge on any atom is 0.164 e. The van der Waals surface area contributed by atoms with Gasteiger partial charge in [-0.1, -0.05) is 152 Å². The van der Waals surface area contributed by atoms with Crippen LogP contribution in [0.1, 0.15) is 5.56 Å². The van der Waals surface area contributed by atoms with Gasteiger partial charge in [-0.05, 0) is 102 Å². The lowest BCUT2D eigenvalue weighted by atomic mass is 9.89. The van der Waals surface area contributed by atoms with Crippen molar-refractivity contribution in [2.24, 2.45) is 0 Å². The van der Waals surface area contributed by atoms with Crippen LogP contribution in [0, 0.1) is 11.3 Å². The van der Waals surface area contributed by atoms with Gasteiger partial charge in [0.25, 0.3) is 0 Å². The van der Waals surface area contributed by atoms with Gasteiger partial charge in [0.2, 0.25) is 0 Å². The second kappa shape index (κ2) is 13.8. The smallest absolute Gasteiger partial charge is 0.164 e. The van der Waals surface area contributed by atoms with E-state index in [-0.39, 0.29) is 0 Å². The summed E-state index contributed by atoms with van der Waals surface area (Å²) in [5.41, 5.74) is 9.37. The van der Waals surface area contributed by atoms with Crippen LogP contribution in [-0.2, 0) is 0 Å². The van der Waals surface area contributed by atoms with Crippen molar-refractivity contribution in [2.75, 3.05) is 0 Å². The topological polar surface area (TPSA) is 75.6 Å². The van der Waals surface area contributed by atoms with Crippen LogP contribution in [-0.4, -0.2) is 15.0 Å². The van der Waals surface area contributed by atoms with Crippen molar-refractivity contribution in [2.45, 2.75) is 0 Å². The number of aromatic nitrogens is 3. The van der Waals surface area contributed by atoms with Crippen molar-refractivity contribution >= 4 is 65.0 Å². The lowest BCUT2D eigenvalue weighted by Gasteiger charge is -2.15. The first-order valence-corrected chi connectivity index (χ1v) is 20.3. The fraction of sp³-hybridized carbons (Fsp3) is 0. The molecule has 10 aromatic carbocycles. The molecule has 5 nitrogen and oxygen atoms in total. The van der Waals surface area contributed by atoms with E-state index in [1.807, 2.05) is 36.4 Å². The van der Waals surface area contributed by atoms with E-state index in [9.17, 15) is 5.26 Å². The predicted molar refractivity (Wildman–Crippen MR) is 249 cm³/mol. The molecule has 2 aromatic heterocycles. The molecule has 12 aromatic rings. The van der Waals surface area contributed by atoms with Crippen LogP contribution < -0.4 is 0 Å². The Morgan fingerprint density at radius 2 is 0.885 bits per heavy atom. The lowest BCUT2D eigenvalue weighted by molar-refractivity contribution is 0.673. The highest BCUT2D eigenvalue weighted by molar-refractivity contribution is 6.23. The first-order valence-electron chi connectivity index (χ1n) is 20.3. The molecular weight excluding hydrogens is 745 g/mol. The third kappa shape index (κ3) is 5.73. The Kier molecular flexibility index (Phi) is 7.84. The number of benzene rings is 10. The third-order valence-corrected chi connectivity index (χ3v) is 11.9. The molecule has 0 saturated carbocycles. The number of fused-ring (bicyclic) bond motifs is 8. The van der Waals surface area contributed by atoms with Crippen molar-refractivity contribution in [3.63, 3.8) is 0 Å². The summed E-state index contributed by atoms with van der Waals surface area (Å²) in [5, 5.41) is 20.4. The van der Waals surface area contributed by atoms with Gasteiger partial charge in [0.15, 0.2) is 17.5 Å². The average Bonchev–Trinajstić information content (AvgIpc) is 3.72. The maximum absolute atomic E-state index is 9.48. The molecule has 12 rings (SSSR count). The Morgan fingerprint density at radius 1 is 0.361 bits per heavy atom. The summed E-state index contributed by atoms with van der Waals surface area (Å²) >= 11 is 0. The molecule has 0 N–H and O–H groups in total. The van der Waals surface area contributed by atoms with Crippen LogP contribution in [0.2, 0.25) is 0 Å². The first kappa shape index (κ1) is 34.6. The number of hydrogen-bond donors (Lipinski definition) is 0. The standard InChI is InChI=1S/C56H32N4O/c57-33-34-20-22-37(23-21-34)42-18-9-19-51-52(42)50-32-49(45-16-7-8-17-47(45)53(50)61-51)46-28-29-48(44-15-6-5-14-43(44)46)56-59-54(40-26-24-35-10-1-3-12-38(35)30-40)58-55(60-56)41-27-25-36-11-2-4-13-39(36)31-41/h1-32H. The summed E-state index contributed by atoms with van der Waals surface area (Å²) in [6, 6.07) is 69.4. The van der Waals surface area contributed by atoms with Crippen molar-refractivity contribution in [1.82, 2.24) is 15.0 Å². The molecule has 0 spiro atoms. The summed E-state index contributed by atoms with van der Waals surface area (Å²) in [6.07, 6.45) is 0. The van der Waals surface area contributed by atoms with E-state index < -0.39 is 0 Å². The second-order valence-corrected chi connectivity index (χ2v) is 15.5. The van der Waals surface area contributed by atoms with E-state index in [2.05, 4.69) is 164 Å². The SMILES string of the molecule is N#Cc1ccc(-c2cccc3oc4c5ccccc5c(-c5ccc(-c6nc(-c7ccc8ccccc8c7)nc(-c7ccc8ccccc8c7)n6)c6ccccc56)cc4c23)cc1. The van der Waals surface area contributed by atoms with Crippen LogP contribution in [0.5, 0.6) is 0 Å². The predicted octanol–water partition coefficient (Wildman–Crippen LogP) is 14.6. The molecule has 0 atom stereocenters. The lowest BCUT2D eigenvalue weighted by Crippen LogP contribution is -2.01. The van der Waals surface area contributed by atoms with Crippen molar-refractivity contribution in [3.8, 4) is 62.5 Å². The summed E-state index contributed by atoms with van der Waals surface area (Å²) in [4.78, 5) is 15.6. The zero-order valence-corrected chi connectivity index (χ0v) is 32.7. The minimum Gasteiger partial charge on any atom is -0.455 e. The van der Waals surface area contributed by atoms with E-state index in [1.165, 1.54) is 0 Å². The number of rotatable bonds is 5. The first-order chi connectivity index (χ1) is 30.2. The summed E-state index contributed by atoms with van der Waals surface area (Å²) in [6.45, 7) is 0. The zero-order valence-electron chi connectivity index (χ0n) is 32.7. The largest absolute Gasteiger partial charge is 0.455 e. The minimum absolute atomic E-state index is 0.609. The molecular formula is C56H32N4O. The molecule has 61 heavy (non-hydrogen) atoms. The third-order valence-electron chi connectivity index (χ3n) is 11.9. The second-order valence-electron chi connectivity index (χ2n) is 15.5. The van der Waals surface area contributed by atoms with Gasteiger partial charge in [-0.3, -0.25) is 0 Å². The summed E-state index contributed by atoms with van der Waals surface area (Å²) in [7, 11) is 0. The molecule has 282 valence electrons. The van der Waals surface area contributed by atoms with E-state index in [4.69, 9.17) is 19.4 Å². The number of nitrogens with zero attached hydrogens (tertiary/aromatic N) is 4. The quantitative estimate of drug-likeness (QED) is 0.174. The Bertz CT molecular complexity index is 3690. The van der Waals surface area contributed by atoms with Crippen LogP contribution in [0.4, 0.5) is 0 Å². The molecule has 0 aliphatic carbocycles. The molecule has 0 aliphatic heterocycles. The minimum atomic E-state index is 0.609. The van der Waals surface area contributed by atoms with Crippen LogP contribution >= 0.6 is 0 Å². The Labute approximate surface area is 350 Å².